The summed E-state index contributed by atoms with van der Waals surface area (Å²) < 4.78 is 0. The van der Waals surface area contributed by atoms with Crippen LogP contribution >= 0.6 is 0 Å². The minimum Gasteiger partial charge on any atom is -0.368 e. The summed E-state index contributed by atoms with van der Waals surface area (Å²) in [6.45, 7) is 6.02. The molecular weight excluding hydrogens is 388 g/mol. The summed E-state index contributed by atoms with van der Waals surface area (Å²) in [5.41, 5.74) is 4.79. The molecule has 3 heterocycles. The number of rotatable bonds is 2. The fourth-order valence-corrected chi connectivity index (χ4v) is 5.26. The largest absolute Gasteiger partial charge is 0.368 e. The normalized spacial score (nSPS) is 21.1. The van der Waals surface area contributed by atoms with Crippen molar-refractivity contribution in [2.24, 2.45) is 0 Å². The highest BCUT2D eigenvalue weighted by Crippen LogP contribution is 2.35. The van der Waals surface area contributed by atoms with Gasteiger partial charge in [-0.25, -0.2) is 0 Å². The number of benzene rings is 2. The average molecular weight is 419 g/mol. The lowest BCUT2D eigenvalue weighted by Gasteiger charge is -2.46. The number of nitrogens with zero attached hydrogens (tertiary/aromatic N) is 4. The molecule has 0 saturated carbocycles. The highest BCUT2D eigenvalue weighted by Gasteiger charge is 2.37. The predicted octanol–water partition coefficient (Wildman–Crippen LogP) is 3.36. The number of piperidine rings is 1. The molecule has 0 aliphatic carbocycles. The van der Waals surface area contributed by atoms with Gasteiger partial charge in [0.05, 0.1) is 11.3 Å². The highest BCUT2D eigenvalue weighted by atomic mass is 16.2. The topological polar surface area (TPSA) is 47.1 Å². The molecule has 0 N–H and O–H groups in total. The van der Waals surface area contributed by atoms with Crippen LogP contribution in [-0.4, -0.2) is 67.6 Å². The molecule has 2 aromatic carbocycles. The Labute approximate surface area is 184 Å². The maximum absolute atomic E-state index is 13.3. The summed E-state index contributed by atoms with van der Waals surface area (Å²) in [6.07, 6.45) is 3.30. The second kappa shape index (κ2) is 7.91. The van der Waals surface area contributed by atoms with Gasteiger partial charge in [0.1, 0.15) is 6.17 Å². The third-order valence-corrected chi connectivity index (χ3v) is 7.06. The minimum absolute atomic E-state index is 0.0548. The molecule has 31 heavy (non-hydrogen) atoms. The smallest absolute Gasteiger partial charge is 0.257 e. The van der Waals surface area contributed by atoms with Crippen LogP contribution in [0.15, 0.2) is 42.5 Å². The Morgan fingerprint density at radius 2 is 1.71 bits per heavy atom. The first kappa shape index (κ1) is 19.9. The van der Waals surface area contributed by atoms with E-state index in [0.717, 1.165) is 44.6 Å². The van der Waals surface area contributed by atoms with Crippen LogP contribution < -0.4 is 9.80 Å². The number of aryl methyl sites for hydroxylation is 1. The fraction of sp³-hybridized carbons (Fsp3) is 0.440. The van der Waals surface area contributed by atoms with Crippen molar-refractivity contribution in [3.63, 3.8) is 0 Å². The van der Waals surface area contributed by atoms with E-state index >= 15 is 0 Å². The molecule has 3 aliphatic heterocycles. The summed E-state index contributed by atoms with van der Waals surface area (Å²) in [5, 5.41) is 0. The van der Waals surface area contributed by atoms with Gasteiger partial charge in [-0.15, -0.1) is 0 Å². The van der Waals surface area contributed by atoms with E-state index in [2.05, 4.69) is 41.0 Å². The summed E-state index contributed by atoms with van der Waals surface area (Å²) in [5.74, 6) is 0.155. The van der Waals surface area contributed by atoms with Gasteiger partial charge >= 0.3 is 0 Å². The van der Waals surface area contributed by atoms with Crippen molar-refractivity contribution in [3.05, 3.63) is 59.2 Å². The second-order valence-electron chi connectivity index (χ2n) is 8.88. The van der Waals surface area contributed by atoms with Crippen molar-refractivity contribution in [1.82, 2.24) is 9.80 Å². The van der Waals surface area contributed by atoms with Crippen molar-refractivity contribution in [3.8, 4) is 0 Å². The fourth-order valence-electron chi connectivity index (χ4n) is 5.26. The maximum atomic E-state index is 13.3. The third-order valence-electron chi connectivity index (χ3n) is 7.06. The molecule has 5 rings (SSSR count). The molecule has 0 bridgehead atoms. The Balaban J connectivity index is 1.33. The predicted molar refractivity (Wildman–Crippen MR) is 123 cm³/mol. The number of hydrogen-bond donors (Lipinski definition) is 0. The second-order valence-corrected chi connectivity index (χ2v) is 8.88. The van der Waals surface area contributed by atoms with Crippen LogP contribution in [0.5, 0.6) is 0 Å². The van der Waals surface area contributed by atoms with Crippen LogP contribution in [0.3, 0.4) is 0 Å². The Morgan fingerprint density at radius 3 is 2.48 bits per heavy atom. The number of amides is 2. The lowest BCUT2D eigenvalue weighted by molar-refractivity contribution is 0.0588. The van der Waals surface area contributed by atoms with Crippen LogP contribution in [0.1, 0.15) is 45.5 Å². The van der Waals surface area contributed by atoms with Gasteiger partial charge in [0, 0.05) is 51.0 Å². The minimum atomic E-state index is 0.0548. The van der Waals surface area contributed by atoms with E-state index in [1.807, 2.05) is 35.0 Å². The number of anilines is 2. The van der Waals surface area contributed by atoms with Gasteiger partial charge < -0.3 is 19.6 Å². The van der Waals surface area contributed by atoms with Crippen molar-refractivity contribution < 1.29 is 9.59 Å². The van der Waals surface area contributed by atoms with Crippen LogP contribution in [0, 0.1) is 6.92 Å². The molecule has 0 unspecified atom stereocenters. The number of carbonyl (C=O) groups is 2. The van der Waals surface area contributed by atoms with E-state index in [0.29, 0.717) is 24.2 Å². The first-order valence-electron chi connectivity index (χ1n) is 11.3. The SMILES string of the molecule is Cc1ccccc1N1CCN(C(=O)c2ccc3c(c2)N(C)[C@@H]2CCCCN2C3=O)CC1. The van der Waals surface area contributed by atoms with Crippen molar-refractivity contribution in [1.29, 1.82) is 0 Å². The maximum Gasteiger partial charge on any atom is 0.257 e. The van der Waals surface area contributed by atoms with Gasteiger partial charge in [0.2, 0.25) is 0 Å². The van der Waals surface area contributed by atoms with Gasteiger partial charge in [-0.1, -0.05) is 18.2 Å². The highest BCUT2D eigenvalue weighted by molar-refractivity contribution is 6.04. The summed E-state index contributed by atoms with van der Waals surface area (Å²) in [7, 11) is 2.05. The van der Waals surface area contributed by atoms with Gasteiger partial charge in [0.15, 0.2) is 0 Å². The van der Waals surface area contributed by atoms with E-state index < -0.39 is 0 Å². The third kappa shape index (κ3) is 3.44. The van der Waals surface area contributed by atoms with E-state index in [1.54, 1.807) is 0 Å². The quantitative estimate of drug-likeness (QED) is 0.750. The number of piperazine rings is 1. The van der Waals surface area contributed by atoms with Crippen molar-refractivity contribution >= 4 is 23.2 Å². The molecule has 0 aromatic heterocycles. The lowest BCUT2D eigenvalue weighted by atomic mass is 9.97. The number of hydrogen-bond acceptors (Lipinski definition) is 4. The van der Waals surface area contributed by atoms with Crippen LogP contribution in [0.4, 0.5) is 11.4 Å². The van der Waals surface area contributed by atoms with Crippen molar-refractivity contribution in [2.45, 2.75) is 32.4 Å². The first-order chi connectivity index (χ1) is 15.0. The summed E-state index contributed by atoms with van der Waals surface area (Å²) in [6, 6.07) is 14.0. The van der Waals surface area contributed by atoms with E-state index in [-0.39, 0.29) is 18.0 Å². The molecule has 2 saturated heterocycles. The first-order valence-corrected chi connectivity index (χ1v) is 11.3. The molecule has 6 heteroatoms. The molecular formula is C25H30N4O2. The molecule has 2 aromatic rings. The van der Waals surface area contributed by atoms with Gasteiger partial charge in [-0.3, -0.25) is 9.59 Å². The zero-order valence-electron chi connectivity index (χ0n) is 18.4. The van der Waals surface area contributed by atoms with E-state index in [1.165, 1.54) is 11.3 Å². The Bertz CT molecular complexity index is 1010. The van der Waals surface area contributed by atoms with E-state index in [4.69, 9.17) is 0 Å². The Hall–Kier alpha value is -3.02. The van der Waals surface area contributed by atoms with Crippen LogP contribution in [0.25, 0.3) is 0 Å². The Kier molecular flexibility index (Phi) is 5.08. The molecule has 6 nitrogen and oxygen atoms in total. The Morgan fingerprint density at radius 1 is 0.935 bits per heavy atom. The van der Waals surface area contributed by atoms with Crippen molar-refractivity contribution in [2.75, 3.05) is 49.6 Å². The molecule has 0 spiro atoms. The van der Waals surface area contributed by atoms with Gasteiger partial charge in [-0.05, 0) is 56.0 Å². The van der Waals surface area contributed by atoms with E-state index in [9.17, 15) is 9.59 Å². The number of fused-ring (bicyclic) bond motifs is 2. The monoisotopic (exact) mass is 418 g/mol. The number of carbonyl (C=O) groups excluding carboxylic acids is 2. The molecule has 3 aliphatic rings. The summed E-state index contributed by atoms with van der Waals surface area (Å²) >= 11 is 0. The molecule has 2 amide bonds. The lowest BCUT2D eigenvalue weighted by Crippen LogP contribution is -2.56. The number of para-hydroxylation sites is 1. The zero-order valence-corrected chi connectivity index (χ0v) is 18.4. The van der Waals surface area contributed by atoms with Gasteiger partial charge in [0.25, 0.3) is 11.8 Å². The standard InChI is InChI=1S/C25H30N4O2/c1-18-7-3-4-8-21(18)27-13-15-28(16-14-27)24(30)19-10-11-20-22(17-19)26(2)23-9-5-6-12-29(23)25(20)31/h3-4,7-8,10-11,17,23H,5-6,9,12-16H2,1-2H3/t23-/m0/s1. The summed E-state index contributed by atoms with van der Waals surface area (Å²) in [4.78, 5) is 34.7. The van der Waals surface area contributed by atoms with Gasteiger partial charge in [-0.2, -0.15) is 0 Å². The molecule has 2 fully saturated rings. The zero-order chi connectivity index (χ0) is 21.5. The molecule has 1 atom stereocenters. The van der Waals surface area contributed by atoms with Crippen LogP contribution in [0.2, 0.25) is 0 Å². The van der Waals surface area contributed by atoms with Crippen LogP contribution in [-0.2, 0) is 0 Å². The average Bonchev–Trinajstić information content (AvgIpc) is 2.82. The molecule has 0 radical (unpaired) electrons. The molecule has 162 valence electrons.